The van der Waals surface area contributed by atoms with Gasteiger partial charge in [0.05, 0.1) is 11.9 Å². The van der Waals surface area contributed by atoms with E-state index in [1.54, 1.807) is 23.1 Å². The molecule has 6 heteroatoms. The molecule has 1 saturated heterocycles. The zero-order valence-corrected chi connectivity index (χ0v) is 11.0. The average Bonchev–Trinajstić information content (AvgIpc) is 2.27. The number of carbonyl (C=O) groups excluding carboxylic acids is 1. The molecule has 18 heavy (non-hydrogen) atoms. The van der Waals surface area contributed by atoms with Gasteiger partial charge in [-0.05, 0) is 31.0 Å². The smallest absolute Gasteiger partial charge is 0.229 e. The third-order valence-electron chi connectivity index (χ3n) is 2.78. The largest absolute Gasteiger partial charge is 0.312 e. The van der Waals surface area contributed by atoms with Crippen LogP contribution in [0.5, 0.6) is 0 Å². The molecule has 1 N–H and O–H groups in total. The first-order valence-electron chi connectivity index (χ1n) is 5.84. The molecule has 0 bridgehead atoms. The quantitative estimate of drug-likeness (QED) is 0.905. The van der Waals surface area contributed by atoms with Gasteiger partial charge in [-0.15, -0.1) is 0 Å². The zero-order valence-electron chi connectivity index (χ0n) is 10.2. The van der Waals surface area contributed by atoms with Gasteiger partial charge in [-0.2, -0.15) is 0 Å². The maximum Gasteiger partial charge on any atom is 0.229 e. The van der Waals surface area contributed by atoms with E-state index in [1.165, 1.54) is 0 Å². The van der Waals surface area contributed by atoms with Gasteiger partial charge in [-0.3, -0.25) is 9.52 Å². The number of rotatable bonds is 3. The van der Waals surface area contributed by atoms with E-state index >= 15 is 0 Å². The summed E-state index contributed by atoms with van der Waals surface area (Å²) >= 11 is 0. The van der Waals surface area contributed by atoms with Crippen LogP contribution in [0.25, 0.3) is 0 Å². The van der Waals surface area contributed by atoms with Crippen LogP contribution in [0.1, 0.15) is 19.3 Å². The van der Waals surface area contributed by atoms with Crippen molar-refractivity contribution in [3.8, 4) is 0 Å². The Hall–Kier alpha value is -1.56. The number of benzene rings is 1. The molecule has 0 aromatic heterocycles. The predicted octanol–water partition coefficient (Wildman–Crippen LogP) is 1.57. The molecule has 0 unspecified atom stereocenters. The molecule has 0 aliphatic carbocycles. The van der Waals surface area contributed by atoms with Crippen LogP contribution in [-0.2, 0) is 14.8 Å². The van der Waals surface area contributed by atoms with Gasteiger partial charge < -0.3 is 4.90 Å². The summed E-state index contributed by atoms with van der Waals surface area (Å²) in [5.74, 6) is 0.0951. The standard InChI is InChI=1S/C12H16N2O3S/c1-18(16,17)13-10-5-4-6-11(9-10)14-8-3-2-7-12(14)15/h4-6,9,13H,2-3,7-8H2,1H3. The van der Waals surface area contributed by atoms with Crippen LogP contribution in [0, 0.1) is 0 Å². The molecule has 1 heterocycles. The number of anilines is 2. The fourth-order valence-electron chi connectivity index (χ4n) is 2.03. The van der Waals surface area contributed by atoms with Crippen molar-refractivity contribution < 1.29 is 13.2 Å². The molecule has 5 nitrogen and oxygen atoms in total. The molecule has 0 spiro atoms. The summed E-state index contributed by atoms with van der Waals surface area (Å²) in [6.07, 6.45) is 3.57. The van der Waals surface area contributed by atoms with Crippen molar-refractivity contribution in [2.75, 3.05) is 22.4 Å². The van der Waals surface area contributed by atoms with Crippen LogP contribution in [-0.4, -0.2) is 27.1 Å². The van der Waals surface area contributed by atoms with Crippen molar-refractivity contribution >= 4 is 27.3 Å². The Morgan fingerprint density at radius 3 is 2.72 bits per heavy atom. The fourth-order valence-corrected chi connectivity index (χ4v) is 2.59. The maximum atomic E-state index is 11.8. The summed E-state index contributed by atoms with van der Waals surface area (Å²) in [5.41, 5.74) is 1.22. The molecule has 1 amide bonds. The first kappa shape index (κ1) is 12.9. The highest BCUT2D eigenvalue weighted by atomic mass is 32.2. The lowest BCUT2D eigenvalue weighted by Gasteiger charge is -2.27. The Balaban J connectivity index is 2.23. The number of piperidine rings is 1. The Morgan fingerprint density at radius 2 is 2.06 bits per heavy atom. The van der Waals surface area contributed by atoms with Crippen molar-refractivity contribution in [3.05, 3.63) is 24.3 Å². The number of hydrogen-bond acceptors (Lipinski definition) is 3. The first-order chi connectivity index (χ1) is 8.46. The van der Waals surface area contributed by atoms with Crippen molar-refractivity contribution in [3.63, 3.8) is 0 Å². The van der Waals surface area contributed by atoms with E-state index in [0.29, 0.717) is 18.7 Å². The van der Waals surface area contributed by atoms with Crippen molar-refractivity contribution in [2.24, 2.45) is 0 Å². The van der Waals surface area contributed by atoms with Crippen molar-refractivity contribution in [1.29, 1.82) is 0 Å². The minimum Gasteiger partial charge on any atom is -0.312 e. The second kappa shape index (κ2) is 4.97. The summed E-state index contributed by atoms with van der Waals surface area (Å²) in [5, 5.41) is 0. The van der Waals surface area contributed by atoms with Gasteiger partial charge in [0.2, 0.25) is 15.9 Å². The number of hydrogen-bond donors (Lipinski definition) is 1. The van der Waals surface area contributed by atoms with E-state index in [2.05, 4.69) is 4.72 Å². The molecule has 0 atom stereocenters. The van der Waals surface area contributed by atoms with Crippen LogP contribution in [0.2, 0.25) is 0 Å². The highest BCUT2D eigenvalue weighted by molar-refractivity contribution is 7.92. The fraction of sp³-hybridized carbons (Fsp3) is 0.417. The van der Waals surface area contributed by atoms with E-state index in [1.807, 2.05) is 6.07 Å². The monoisotopic (exact) mass is 268 g/mol. The Morgan fingerprint density at radius 1 is 1.28 bits per heavy atom. The van der Waals surface area contributed by atoms with Gasteiger partial charge >= 0.3 is 0 Å². The molecule has 98 valence electrons. The summed E-state index contributed by atoms with van der Waals surface area (Å²) in [6, 6.07) is 6.91. The van der Waals surface area contributed by atoms with Crippen molar-refractivity contribution in [1.82, 2.24) is 0 Å². The predicted molar refractivity (Wildman–Crippen MR) is 71.1 cm³/mol. The number of nitrogens with zero attached hydrogens (tertiary/aromatic N) is 1. The van der Waals surface area contributed by atoms with Gasteiger partial charge in [0, 0.05) is 18.7 Å². The summed E-state index contributed by atoms with van der Waals surface area (Å²) in [4.78, 5) is 13.5. The van der Waals surface area contributed by atoms with Gasteiger partial charge in [0.25, 0.3) is 0 Å². The number of sulfonamides is 1. The normalized spacial score (nSPS) is 16.7. The van der Waals surface area contributed by atoms with E-state index in [-0.39, 0.29) is 5.91 Å². The van der Waals surface area contributed by atoms with Gasteiger partial charge in [0.15, 0.2) is 0 Å². The van der Waals surface area contributed by atoms with E-state index in [4.69, 9.17) is 0 Å². The molecule has 1 aromatic rings. The lowest BCUT2D eigenvalue weighted by Crippen LogP contribution is -2.35. The second-order valence-corrected chi connectivity index (χ2v) is 6.18. The topological polar surface area (TPSA) is 66.5 Å². The summed E-state index contributed by atoms with van der Waals surface area (Å²) in [6.45, 7) is 0.696. The number of nitrogens with one attached hydrogen (secondary N) is 1. The number of carbonyl (C=O) groups is 1. The molecule has 1 aliphatic heterocycles. The van der Waals surface area contributed by atoms with Gasteiger partial charge in [0.1, 0.15) is 0 Å². The third-order valence-corrected chi connectivity index (χ3v) is 3.39. The van der Waals surface area contributed by atoms with Crippen LogP contribution in [0.4, 0.5) is 11.4 Å². The summed E-state index contributed by atoms with van der Waals surface area (Å²) in [7, 11) is -3.29. The van der Waals surface area contributed by atoms with Crippen molar-refractivity contribution in [2.45, 2.75) is 19.3 Å². The Labute approximate surface area is 107 Å². The Kier molecular flexibility index (Phi) is 3.56. The van der Waals surface area contributed by atoms with Crippen LogP contribution in [0.3, 0.4) is 0 Å². The van der Waals surface area contributed by atoms with Crippen LogP contribution >= 0.6 is 0 Å². The lowest BCUT2D eigenvalue weighted by molar-refractivity contribution is -0.119. The lowest BCUT2D eigenvalue weighted by atomic mass is 10.1. The van der Waals surface area contributed by atoms with Crippen LogP contribution < -0.4 is 9.62 Å². The van der Waals surface area contributed by atoms with E-state index in [9.17, 15) is 13.2 Å². The Bertz CT molecular complexity index is 554. The minimum atomic E-state index is -3.29. The third kappa shape index (κ3) is 3.22. The van der Waals surface area contributed by atoms with Gasteiger partial charge in [-0.1, -0.05) is 6.07 Å². The number of amides is 1. The molecular weight excluding hydrogens is 252 g/mol. The maximum absolute atomic E-state index is 11.8. The van der Waals surface area contributed by atoms with Gasteiger partial charge in [-0.25, -0.2) is 8.42 Å². The molecule has 1 aromatic carbocycles. The highest BCUT2D eigenvalue weighted by Gasteiger charge is 2.19. The molecule has 2 rings (SSSR count). The van der Waals surface area contributed by atoms with E-state index in [0.717, 1.165) is 24.8 Å². The first-order valence-corrected chi connectivity index (χ1v) is 7.73. The second-order valence-electron chi connectivity index (χ2n) is 4.43. The molecule has 1 aliphatic rings. The molecule has 0 saturated carbocycles. The summed E-state index contributed by atoms with van der Waals surface area (Å²) < 4.78 is 24.7. The molecule has 1 fully saturated rings. The highest BCUT2D eigenvalue weighted by Crippen LogP contribution is 2.24. The zero-order chi connectivity index (χ0) is 13.2. The molecule has 0 radical (unpaired) electrons. The molecular formula is C12H16N2O3S. The average molecular weight is 268 g/mol. The van der Waals surface area contributed by atoms with E-state index < -0.39 is 10.0 Å². The van der Waals surface area contributed by atoms with Crippen LogP contribution in [0.15, 0.2) is 24.3 Å². The SMILES string of the molecule is CS(=O)(=O)Nc1cccc(N2CCCCC2=O)c1. The minimum absolute atomic E-state index is 0.0951.